The smallest absolute Gasteiger partial charge is 0.455 e. The highest BCUT2D eigenvalue weighted by atomic mass is 32.2. The van der Waals surface area contributed by atoms with Crippen LogP contribution in [0.3, 0.4) is 0 Å². The summed E-state index contributed by atoms with van der Waals surface area (Å²) in [6.07, 6.45) is -3.04. The molecular weight excluding hydrogens is 820 g/mol. The number of hydrogen-bond acceptors (Lipinski definition) is 19. The molecule has 0 radical (unpaired) electrons. The van der Waals surface area contributed by atoms with Crippen molar-refractivity contribution in [3.63, 3.8) is 0 Å². The number of nitrogens with two attached hydrogens (primary N) is 2. The molecule has 5 heterocycles. The van der Waals surface area contributed by atoms with E-state index in [1.807, 2.05) is 0 Å². The number of thioether (sulfide) groups is 1. The number of carbonyl (C=O) groups is 3. The number of aliphatic hydroxyl groups is 1. The number of rotatable bonds is 18. The Balaban J connectivity index is 1.42. The summed E-state index contributed by atoms with van der Waals surface area (Å²) in [6.45, 7) is 1.80. The van der Waals surface area contributed by atoms with Crippen LogP contribution in [0.2, 0.25) is 0 Å². The van der Waals surface area contributed by atoms with Crippen molar-refractivity contribution in [1.29, 1.82) is 0 Å². The second-order valence-electron chi connectivity index (χ2n) is 12.7. The number of fused-ring (bicyclic) bond motifs is 1. The molecule has 312 valence electrons. The van der Waals surface area contributed by atoms with E-state index in [1.165, 1.54) is 29.2 Å². The van der Waals surface area contributed by atoms with Crippen molar-refractivity contribution in [3.8, 4) is 0 Å². The predicted molar refractivity (Wildman–Crippen MR) is 198 cm³/mol. The minimum absolute atomic E-state index is 0.00321. The number of amides is 1. The van der Waals surface area contributed by atoms with Gasteiger partial charge in [0.1, 0.15) is 42.1 Å². The summed E-state index contributed by atoms with van der Waals surface area (Å²) in [5.41, 5.74) is 9.26. The number of anilines is 2. The predicted octanol–water partition coefficient (Wildman–Crippen LogP) is -0.494. The number of nitrogens with one attached hydrogen (secondary N) is 1. The standard InChI is InChI=1S/C30H41N9O15P2S/c1-3-4-5-20(40)36-15(6-7-22(41)57-2)29(43)54-25-17(53-28(24(25)42)39-14-35-23-26(32)33-13-34-27(23)39)12-50-55(45,46)18-10-21(38-9-8-19(31)37-30(38)44)52-16(18)11-51-56(47,48)49/h3,8-9,13-18,21,24-25,28,42H,1,4-7,10-12H2,2H3,(H,36,40)(H,45,46)(H2,31,37,44)(H2,32,33,34)(H2,47,48,49)/t15-,16+,17?,18-,21+,24+,25+,28+/m0/s1. The van der Waals surface area contributed by atoms with Gasteiger partial charge in [-0.25, -0.2) is 29.1 Å². The highest BCUT2D eigenvalue weighted by Crippen LogP contribution is 2.56. The number of aromatic nitrogens is 6. The molecule has 0 saturated carbocycles. The molecule has 2 aliphatic heterocycles. The molecule has 1 amide bonds. The van der Waals surface area contributed by atoms with Crippen LogP contribution in [0.4, 0.5) is 11.6 Å². The zero-order valence-corrected chi connectivity index (χ0v) is 32.7. The fourth-order valence-corrected chi connectivity index (χ4v) is 8.32. The van der Waals surface area contributed by atoms with Crippen molar-refractivity contribution in [2.45, 2.75) is 80.7 Å². The molecule has 24 nitrogen and oxygen atoms in total. The molecule has 2 unspecified atom stereocenters. The first-order valence-electron chi connectivity index (χ1n) is 17.0. The van der Waals surface area contributed by atoms with Crippen LogP contribution in [-0.4, -0.2) is 121 Å². The maximum absolute atomic E-state index is 14.0. The van der Waals surface area contributed by atoms with Crippen molar-refractivity contribution >= 4 is 67.0 Å². The Hall–Kier alpha value is -4.13. The van der Waals surface area contributed by atoms with Crippen LogP contribution in [0.1, 0.15) is 44.6 Å². The lowest BCUT2D eigenvalue weighted by atomic mass is 10.1. The first-order chi connectivity index (χ1) is 26.9. The van der Waals surface area contributed by atoms with Crippen molar-refractivity contribution in [1.82, 2.24) is 34.4 Å². The van der Waals surface area contributed by atoms with E-state index in [-0.39, 0.29) is 53.6 Å². The van der Waals surface area contributed by atoms with Crippen molar-refractivity contribution in [2.24, 2.45) is 0 Å². The van der Waals surface area contributed by atoms with Crippen LogP contribution in [0.15, 0.2) is 42.4 Å². The van der Waals surface area contributed by atoms with Crippen LogP contribution in [0.5, 0.6) is 0 Å². The topological polar surface area (TPSA) is 355 Å². The maximum atomic E-state index is 14.0. The van der Waals surface area contributed by atoms with Crippen molar-refractivity contribution < 1.29 is 66.6 Å². The Kier molecular flexibility index (Phi) is 14.4. The lowest BCUT2D eigenvalue weighted by molar-refractivity contribution is -0.160. The van der Waals surface area contributed by atoms with Crippen molar-refractivity contribution in [2.75, 3.05) is 30.9 Å². The number of nitrogen functional groups attached to an aromatic ring is 2. The molecule has 2 aliphatic rings. The number of hydrogen-bond donors (Lipinski definition) is 7. The average Bonchev–Trinajstić information content (AvgIpc) is 3.87. The molecule has 0 aromatic carbocycles. The molecule has 3 aromatic rings. The van der Waals surface area contributed by atoms with Crippen molar-refractivity contribution in [3.05, 3.63) is 48.1 Å². The quantitative estimate of drug-likeness (QED) is 0.0482. The van der Waals surface area contributed by atoms with E-state index in [4.69, 9.17) is 30.2 Å². The van der Waals surface area contributed by atoms with Crippen LogP contribution < -0.4 is 22.5 Å². The molecule has 3 aromatic heterocycles. The lowest BCUT2D eigenvalue weighted by Gasteiger charge is -2.26. The van der Waals surface area contributed by atoms with Gasteiger partial charge in [-0.1, -0.05) is 17.8 Å². The zero-order chi connectivity index (χ0) is 41.7. The van der Waals surface area contributed by atoms with Gasteiger partial charge in [0.15, 0.2) is 28.9 Å². The fourth-order valence-electron chi connectivity index (χ4n) is 6.09. The summed E-state index contributed by atoms with van der Waals surface area (Å²) < 4.78 is 55.3. The molecule has 0 aliphatic carbocycles. The highest BCUT2D eigenvalue weighted by molar-refractivity contribution is 8.13. The van der Waals surface area contributed by atoms with E-state index in [9.17, 15) is 48.1 Å². The number of esters is 1. The van der Waals surface area contributed by atoms with Crippen LogP contribution in [0.25, 0.3) is 11.2 Å². The summed E-state index contributed by atoms with van der Waals surface area (Å²) in [5.74, 6) is -1.75. The molecule has 27 heteroatoms. The molecule has 9 atom stereocenters. The number of phosphoric ester groups is 1. The minimum atomic E-state index is -5.11. The van der Waals surface area contributed by atoms with Gasteiger partial charge in [0.2, 0.25) is 5.91 Å². The monoisotopic (exact) mass is 861 g/mol. The van der Waals surface area contributed by atoms with Gasteiger partial charge >= 0.3 is 27.1 Å². The van der Waals surface area contributed by atoms with Gasteiger partial charge in [0, 0.05) is 25.5 Å². The first-order valence-corrected chi connectivity index (χ1v) is 21.4. The molecule has 5 rings (SSSR count). The Labute approximate surface area is 327 Å². The van der Waals surface area contributed by atoms with Gasteiger partial charge < -0.3 is 55.3 Å². The third kappa shape index (κ3) is 10.9. The van der Waals surface area contributed by atoms with E-state index >= 15 is 0 Å². The molecule has 2 fully saturated rings. The lowest BCUT2D eigenvalue weighted by Crippen LogP contribution is -2.46. The van der Waals surface area contributed by atoms with Crippen LogP contribution in [0, 0.1) is 0 Å². The number of nitrogens with zero attached hydrogens (tertiary/aromatic N) is 6. The summed E-state index contributed by atoms with van der Waals surface area (Å²) >= 11 is 0.917. The normalized spacial score (nSPS) is 25.2. The van der Waals surface area contributed by atoms with Crippen LogP contribution >= 0.6 is 27.2 Å². The van der Waals surface area contributed by atoms with E-state index in [0.717, 1.165) is 22.7 Å². The molecule has 57 heavy (non-hydrogen) atoms. The van der Waals surface area contributed by atoms with E-state index in [2.05, 4.69) is 36.4 Å². The minimum Gasteiger partial charge on any atom is -0.455 e. The number of allylic oxidation sites excluding steroid dienone is 1. The van der Waals surface area contributed by atoms with E-state index < -0.39 is 101 Å². The van der Waals surface area contributed by atoms with Gasteiger partial charge in [0.25, 0.3) is 0 Å². The summed E-state index contributed by atoms with van der Waals surface area (Å²) in [4.78, 5) is 96.8. The Morgan fingerprint density at radius 3 is 2.53 bits per heavy atom. The molecule has 0 spiro atoms. The molecule has 0 bridgehead atoms. The SMILES string of the molecule is C=CCCC(=O)N[C@@H](CCC(=O)SC)C(=O)O[C@@H]1C(COP(=O)(O)[C@H]2C[C@H](n3ccc(N)nc3=O)O[C@@H]2COP(=O)(O)O)O[C@@H](n2cnc3c(N)ncnc32)[C@@H]1O. The maximum Gasteiger partial charge on any atom is 0.469 e. The molecule has 2 saturated heterocycles. The second kappa shape index (κ2) is 18.6. The van der Waals surface area contributed by atoms with Gasteiger partial charge in [-0.3, -0.25) is 27.8 Å². The Morgan fingerprint density at radius 1 is 1.11 bits per heavy atom. The van der Waals surface area contributed by atoms with Gasteiger partial charge in [-0.05, 0) is 25.2 Å². The third-order valence-corrected chi connectivity index (χ3v) is 11.9. The molecule has 9 N–H and O–H groups in total. The van der Waals surface area contributed by atoms with E-state index in [1.54, 1.807) is 6.26 Å². The number of imidazole rings is 1. The van der Waals surface area contributed by atoms with Gasteiger partial charge in [-0.2, -0.15) is 4.98 Å². The number of ether oxygens (including phenoxy) is 3. The summed E-state index contributed by atoms with van der Waals surface area (Å²) in [5, 5.41) is 13.9. The van der Waals surface area contributed by atoms with Crippen LogP contribution in [-0.2, 0) is 46.8 Å². The Morgan fingerprint density at radius 2 is 1.84 bits per heavy atom. The largest absolute Gasteiger partial charge is 0.469 e. The zero-order valence-electron chi connectivity index (χ0n) is 30.1. The van der Waals surface area contributed by atoms with Gasteiger partial charge in [0.05, 0.1) is 31.3 Å². The number of carbonyl (C=O) groups excluding carboxylic acids is 3. The third-order valence-electron chi connectivity index (χ3n) is 8.90. The fraction of sp³-hybridized carbons (Fsp3) is 0.533. The summed E-state index contributed by atoms with van der Waals surface area (Å²) in [6, 6.07) is -0.109. The average molecular weight is 862 g/mol. The summed E-state index contributed by atoms with van der Waals surface area (Å²) in [7, 11) is -10.1. The molecular formula is C30H41N9O15P2S. The second-order valence-corrected chi connectivity index (χ2v) is 16.9. The Bertz CT molecular complexity index is 2120. The van der Waals surface area contributed by atoms with E-state index in [0.29, 0.717) is 0 Å². The highest BCUT2D eigenvalue weighted by Gasteiger charge is 2.52. The number of aliphatic hydroxyl groups excluding tert-OH is 1. The van der Waals surface area contributed by atoms with Gasteiger partial charge in [-0.15, -0.1) is 6.58 Å². The number of phosphoric acid groups is 1. The first kappa shape index (κ1) is 44.0.